The van der Waals surface area contributed by atoms with Crippen molar-refractivity contribution >= 4 is 11.4 Å². The Labute approximate surface area is 145 Å². The highest BCUT2D eigenvalue weighted by molar-refractivity contribution is 5.90. The molecular weight excluding hydrogens is 294 g/mol. The van der Waals surface area contributed by atoms with Gasteiger partial charge in [0.25, 0.3) is 0 Å². The van der Waals surface area contributed by atoms with Crippen molar-refractivity contribution in [2.45, 2.75) is 47.0 Å². The lowest BCUT2D eigenvalue weighted by molar-refractivity contribution is 0.627. The van der Waals surface area contributed by atoms with E-state index in [4.69, 9.17) is 0 Å². The van der Waals surface area contributed by atoms with Crippen molar-refractivity contribution in [2.24, 2.45) is 0 Å². The van der Waals surface area contributed by atoms with Crippen molar-refractivity contribution in [3.05, 3.63) is 69.8 Å². The van der Waals surface area contributed by atoms with E-state index in [1.807, 2.05) is 0 Å². The van der Waals surface area contributed by atoms with Crippen LogP contribution in [-0.2, 0) is 19.3 Å². The molecule has 3 N–H and O–H groups in total. The van der Waals surface area contributed by atoms with Crippen molar-refractivity contribution in [3.8, 4) is 0 Å². The first-order valence-corrected chi connectivity index (χ1v) is 8.91. The summed E-state index contributed by atoms with van der Waals surface area (Å²) in [6, 6.07) is 13.3. The van der Waals surface area contributed by atoms with E-state index in [-0.39, 0.29) is 0 Å². The van der Waals surface area contributed by atoms with Gasteiger partial charge in [0.2, 0.25) is 0 Å². The van der Waals surface area contributed by atoms with Gasteiger partial charge in [-0.3, -0.25) is 0 Å². The van der Waals surface area contributed by atoms with Gasteiger partial charge in [0, 0.05) is 11.1 Å². The molecule has 0 aliphatic carbocycles. The van der Waals surface area contributed by atoms with Crippen molar-refractivity contribution in [1.82, 2.24) is 16.4 Å². The molecule has 0 atom stereocenters. The highest BCUT2D eigenvalue weighted by Crippen LogP contribution is 2.28. The molecule has 0 saturated heterocycles. The van der Waals surface area contributed by atoms with Gasteiger partial charge in [-0.15, -0.1) is 5.53 Å². The molecule has 0 amide bonds. The number of benzene rings is 2. The molecule has 0 fully saturated rings. The summed E-state index contributed by atoms with van der Waals surface area (Å²) in [4.78, 5) is 0. The topological polar surface area (TPSA) is 36.1 Å². The van der Waals surface area contributed by atoms with Crippen LogP contribution < -0.4 is 16.4 Å². The van der Waals surface area contributed by atoms with E-state index in [2.05, 4.69) is 80.5 Å². The minimum absolute atomic E-state index is 1.07. The number of nitrogens with one attached hydrogen (secondary N) is 3. The fourth-order valence-electron chi connectivity index (χ4n) is 3.46. The zero-order valence-electron chi connectivity index (χ0n) is 15.1. The maximum absolute atomic E-state index is 3.29. The Morgan fingerprint density at radius 1 is 0.708 bits per heavy atom. The van der Waals surface area contributed by atoms with E-state index in [1.165, 1.54) is 33.4 Å². The van der Waals surface area contributed by atoms with Crippen LogP contribution in [0.3, 0.4) is 0 Å². The Balaban J connectivity index is 2.12. The molecule has 0 aromatic heterocycles. The Morgan fingerprint density at radius 2 is 1.25 bits per heavy atom. The van der Waals surface area contributed by atoms with Gasteiger partial charge in [0.1, 0.15) is 0 Å². The number of hydrazine groups is 2. The summed E-state index contributed by atoms with van der Waals surface area (Å²) in [7, 11) is 0. The summed E-state index contributed by atoms with van der Waals surface area (Å²) >= 11 is 0. The van der Waals surface area contributed by atoms with Crippen LogP contribution in [0.1, 0.15) is 54.2 Å². The van der Waals surface area contributed by atoms with Gasteiger partial charge in [-0.05, 0) is 55.0 Å². The number of rotatable bonds is 5. The molecule has 0 bridgehead atoms. The second-order valence-corrected chi connectivity index (χ2v) is 6.32. The summed E-state index contributed by atoms with van der Waals surface area (Å²) in [5.41, 5.74) is 20.0. The normalized spacial score (nSPS) is 13.8. The largest absolute Gasteiger partial charge is 0.301 e. The molecule has 0 saturated carbocycles. The van der Waals surface area contributed by atoms with E-state index < -0.39 is 0 Å². The lowest BCUT2D eigenvalue weighted by Gasteiger charge is -2.16. The highest BCUT2D eigenvalue weighted by atomic mass is 15.6. The monoisotopic (exact) mass is 321 g/mol. The molecule has 126 valence electrons. The maximum Gasteiger partial charge on any atom is 0.0829 e. The van der Waals surface area contributed by atoms with Gasteiger partial charge in [0.05, 0.1) is 11.4 Å². The first-order chi connectivity index (χ1) is 11.7. The second kappa shape index (κ2) is 7.10. The summed E-state index contributed by atoms with van der Waals surface area (Å²) < 4.78 is 0. The first kappa shape index (κ1) is 16.6. The third-order valence-corrected chi connectivity index (χ3v) is 4.80. The van der Waals surface area contributed by atoms with E-state index in [9.17, 15) is 0 Å². The molecule has 1 aliphatic heterocycles. The van der Waals surface area contributed by atoms with Crippen LogP contribution >= 0.6 is 0 Å². The lowest BCUT2D eigenvalue weighted by atomic mass is 9.91. The van der Waals surface area contributed by atoms with Crippen LogP contribution in [0.25, 0.3) is 11.4 Å². The van der Waals surface area contributed by atoms with E-state index in [1.54, 1.807) is 0 Å². The van der Waals surface area contributed by atoms with Gasteiger partial charge >= 0.3 is 0 Å². The predicted octanol–water partition coefficient (Wildman–Crippen LogP) is 4.12. The standard InChI is InChI=1S/C21H27N3/c1-5-15-12-18(13-16(6-2)19(15)7-3)21-20(22-24-23-21)17-10-8-14(4)9-11-17/h8-13,22-24H,5-7H2,1-4H3. The third-order valence-electron chi connectivity index (χ3n) is 4.80. The van der Waals surface area contributed by atoms with Gasteiger partial charge in [0.15, 0.2) is 0 Å². The average molecular weight is 321 g/mol. The molecule has 0 spiro atoms. The fraction of sp³-hybridized carbons (Fsp3) is 0.333. The molecule has 0 radical (unpaired) electrons. The molecule has 1 aliphatic rings. The SMILES string of the molecule is CCc1cc(C2=C(c3ccc(C)cc3)NNN2)cc(CC)c1CC. The van der Waals surface area contributed by atoms with E-state index >= 15 is 0 Å². The number of hydrogen-bond acceptors (Lipinski definition) is 3. The smallest absolute Gasteiger partial charge is 0.0829 e. The first-order valence-electron chi connectivity index (χ1n) is 8.91. The van der Waals surface area contributed by atoms with Crippen LogP contribution in [0.15, 0.2) is 36.4 Å². The van der Waals surface area contributed by atoms with Crippen molar-refractivity contribution in [1.29, 1.82) is 0 Å². The molecule has 2 aromatic rings. The number of hydrogen-bond donors (Lipinski definition) is 3. The number of aryl methyl sites for hydroxylation is 3. The van der Waals surface area contributed by atoms with Crippen molar-refractivity contribution < 1.29 is 0 Å². The third kappa shape index (κ3) is 3.04. The van der Waals surface area contributed by atoms with Crippen molar-refractivity contribution in [3.63, 3.8) is 0 Å². The van der Waals surface area contributed by atoms with Crippen LogP contribution in [0.4, 0.5) is 0 Å². The van der Waals surface area contributed by atoms with Crippen LogP contribution in [0.5, 0.6) is 0 Å². The van der Waals surface area contributed by atoms with Gasteiger partial charge < -0.3 is 10.9 Å². The summed E-state index contributed by atoms with van der Waals surface area (Å²) in [5, 5.41) is 0. The van der Waals surface area contributed by atoms with Gasteiger partial charge in [-0.25, -0.2) is 0 Å². The van der Waals surface area contributed by atoms with Crippen LogP contribution in [0, 0.1) is 6.92 Å². The van der Waals surface area contributed by atoms with Gasteiger partial charge in [-0.1, -0.05) is 50.6 Å². The molecule has 24 heavy (non-hydrogen) atoms. The highest BCUT2D eigenvalue weighted by Gasteiger charge is 2.19. The maximum atomic E-state index is 3.29. The molecule has 2 aromatic carbocycles. The minimum atomic E-state index is 1.07. The molecular formula is C21H27N3. The van der Waals surface area contributed by atoms with E-state index in [0.717, 1.165) is 30.7 Å². The Kier molecular flexibility index (Phi) is 4.91. The summed E-state index contributed by atoms with van der Waals surface area (Å²) in [6.45, 7) is 8.85. The zero-order valence-corrected chi connectivity index (χ0v) is 15.1. The predicted molar refractivity (Wildman–Crippen MR) is 102 cm³/mol. The summed E-state index contributed by atoms with van der Waals surface area (Å²) in [6.07, 6.45) is 3.23. The minimum Gasteiger partial charge on any atom is -0.301 e. The molecule has 3 heteroatoms. The van der Waals surface area contributed by atoms with Crippen LogP contribution in [-0.4, -0.2) is 0 Å². The molecule has 3 nitrogen and oxygen atoms in total. The molecule has 1 heterocycles. The second-order valence-electron chi connectivity index (χ2n) is 6.32. The van der Waals surface area contributed by atoms with Gasteiger partial charge in [-0.2, -0.15) is 0 Å². The quantitative estimate of drug-likeness (QED) is 0.775. The molecule has 0 unspecified atom stereocenters. The summed E-state index contributed by atoms with van der Waals surface area (Å²) in [5.74, 6) is 0. The van der Waals surface area contributed by atoms with E-state index in [0.29, 0.717) is 0 Å². The molecule has 3 rings (SSSR count). The Hall–Kier alpha value is -2.26. The lowest BCUT2D eigenvalue weighted by Crippen LogP contribution is -2.32. The average Bonchev–Trinajstić information content (AvgIpc) is 3.10. The van der Waals surface area contributed by atoms with Crippen LogP contribution in [0.2, 0.25) is 0 Å². The fourth-order valence-corrected chi connectivity index (χ4v) is 3.46. The Bertz CT molecular complexity index is 732. The Morgan fingerprint density at radius 3 is 1.75 bits per heavy atom. The zero-order chi connectivity index (χ0) is 17.1. The van der Waals surface area contributed by atoms with Crippen molar-refractivity contribution in [2.75, 3.05) is 0 Å².